The molecule has 0 amide bonds. The van der Waals surface area contributed by atoms with E-state index in [0.29, 0.717) is 0 Å². The van der Waals surface area contributed by atoms with E-state index in [1.807, 2.05) is 0 Å². The minimum Gasteiger partial charge on any atom is -0.477 e. The van der Waals surface area contributed by atoms with Crippen molar-refractivity contribution in [3.63, 3.8) is 0 Å². The Labute approximate surface area is 100 Å². The molecule has 0 bridgehead atoms. The van der Waals surface area contributed by atoms with E-state index in [-0.39, 0.29) is 16.9 Å². The molecule has 0 saturated heterocycles. The smallest absolute Gasteiger partial charge is 0.354 e. The van der Waals surface area contributed by atoms with Crippen LogP contribution in [0.5, 0.6) is 0 Å². The number of rotatable bonds is 2. The number of hydrogen-bond donors (Lipinski definition) is 1. The Hall–Kier alpha value is -2.68. The lowest BCUT2D eigenvalue weighted by atomic mass is 10.2. The first-order valence-corrected chi connectivity index (χ1v) is 4.84. The van der Waals surface area contributed by atoms with Crippen molar-refractivity contribution in [2.75, 3.05) is 0 Å². The minimum atomic E-state index is -1.32. The maximum atomic E-state index is 13.1. The Bertz CT molecular complexity index is 671. The molecule has 0 saturated carbocycles. The van der Waals surface area contributed by atoms with Gasteiger partial charge in [-0.15, -0.1) is 0 Å². The van der Waals surface area contributed by atoms with Gasteiger partial charge in [-0.3, -0.25) is 0 Å². The molecule has 4 nitrogen and oxygen atoms in total. The van der Waals surface area contributed by atoms with Crippen molar-refractivity contribution < 1.29 is 18.7 Å². The van der Waals surface area contributed by atoms with Gasteiger partial charge in [0.05, 0.1) is 5.56 Å². The number of carboxylic acid groups (broad SMARTS) is 1. The summed E-state index contributed by atoms with van der Waals surface area (Å²) in [5.74, 6) is -3.43. The Morgan fingerprint density at radius 2 is 2.00 bits per heavy atom. The number of carbonyl (C=O) groups is 1. The second-order valence-electron chi connectivity index (χ2n) is 3.46. The molecule has 0 spiro atoms. The number of aromatic nitrogens is 1. The third kappa shape index (κ3) is 1.82. The van der Waals surface area contributed by atoms with E-state index in [2.05, 4.69) is 0 Å². The van der Waals surface area contributed by atoms with Crippen LogP contribution in [0.4, 0.5) is 8.78 Å². The molecule has 0 fully saturated rings. The van der Waals surface area contributed by atoms with Gasteiger partial charge in [-0.05, 0) is 18.2 Å². The van der Waals surface area contributed by atoms with Crippen LogP contribution in [0.15, 0.2) is 30.5 Å². The Morgan fingerprint density at radius 1 is 1.28 bits per heavy atom. The molecule has 0 radical (unpaired) electrons. The summed E-state index contributed by atoms with van der Waals surface area (Å²) in [4.78, 5) is 11.0. The molecule has 2 aromatic rings. The summed E-state index contributed by atoms with van der Waals surface area (Å²) in [5.41, 5.74) is -0.205. The largest absolute Gasteiger partial charge is 0.477 e. The van der Waals surface area contributed by atoms with Crippen molar-refractivity contribution in [2.45, 2.75) is 0 Å². The fourth-order valence-electron chi connectivity index (χ4n) is 1.59. The van der Waals surface area contributed by atoms with E-state index in [9.17, 15) is 13.6 Å². The van der Waals surface area contributed by atoms with Gasteiger partial charge < -0.3 is 9.67 Å². The third-order valence-corrected chi connectivity index (χ3v) is 2.39. The van der Waals surface area contributed by atoms with E-state index in [4.69, 9.17) is 10.4 Å². The van der Waals surface area contributed by atoms with Crippen molar-refractivity contribution >= 4 is 5.97 Å². The average Bonchev–Trinajstić information content (AvgIpc) is 2.76. The molecule has 90 valence electrons. The minimum absolute atomic E-state index is 0.0489. The number of nitriles is 1. The second-order valence-corrected chi connectivity index (χ2v) is 3.46. The van der Waals surface area contributed by atoms with Crippen LogP contribution in [0, 0.1) is 23.0 Å². The zero-order chi connectivity index (χ0) is 13.3. The lowest BCUT2D eigenvalue weighted by molar-refractivity contribution is 0.0688. The van der Waals surface area contributed by atoms with Gasteiger partial charge in [0.1, 0.15) is 11.8 Å². The summed E-state index contributed by atoms with van der Waals surface area (Å²) in [5, 5.41) is 17.8. The number of nitrogens with zero attached hydrogens (tertiary/aromatic N) is 2. The Balaban J connectivity index is 2.65. The van der Waals surface area contributed by atoms with E-state index in [1.54, 1.807) is 6.07 Å². The molecule has 1 heterocycles. The monoisotopic (exact) mass is 248 g/mol. The van der Waals surface area contributed by atoms with Crippen molar-refractivity contribution in [1.82, 2.24) is 4.57 Å². The normalized spacial score (nSPS) is 10.1. The highest BCUT2D eigenvalue weighted by molar-refractivity contribution is 5.89. The van der Waals surface area contributed by atoms with Gasteiger partial charge in [-0.1, -0.05) is 0 Å². The van der Waals surface area contributed by atoms with Gasteiger partial charge >= 0.3 is 5.97 Å². The fraction of sp³-hybridized carbons (Fsp3) is 0. The molecule has 6 heteroatoms. The molecular formula is C12H6F2N2O2. The van der Waals surface area contributed by atoms with Crippen LogP contribution in [-0.2, 0) is 0 Å². The van der Waals surface area contributed by atoms with Gasteiger partial charge in [-0.2, -0.15) is 5.26 Å². The number of aromatic carboxylic acids is 1. The first kappa shape index (κ1) is 11.8. The Morgan fingerprint density at radius 3 is 2.56 bits per heavy atom. The second kappa shape index (κ2) is 4.30. The van der Waals surface area contributed by atoms with E-state index >= 15 is 0 Å². The molecule has 0 atom stereocenters. The van der Waals surface area contributed by atoms with Gasteiger partial charge in [0.15, 0.2) is 11.6 Å². The SMILES string of the molecule is N#Cc1ccn(-c2ccc(F)c(F)c2)c1C(=O)O. The molecule has 18 heavy (non-hydrogen) atoms. The lowest BCUT2D eigenvalue weighted by Gasteiger charge is -2.06. The van der Waals surface area contributed by atoms with Crippen LogP contribution in [0.3, 0.4) is 0 Å². The maximum Gasteiger partial charge on any atom is 0.354 e. The third-order valence-electron chi connectivity index (χ3n) is 2.39. The topological polar surface area (TPSA) is 66.0 Å². The average molecular weight is 248 g/mol. The summed E-state index contributed by atoms with van der Waals surface area (Å²) < 4.78 is 27.0. The van der Waals surface area contributed by atoms with Crippen LogP contribution in [0.25, 0.3) is 5.69 Å². The van der Waals surface area contributed by atoms with E-state index in [1.165, 1.54) is 18.3 Å². The number of benzene rings is 1. The number of halogens is 2. The molecule has 2 rings (SSSR count). The van der Waals surface area contributed by atoms with Crippen molar-refractivity contribution in [3.8, 4) is 11.8 Å². The zero-order valence-corrected chi connectivity index (χ0v) is 8.89. The van der Waals surface area contributed by atoms with Gasteiger partial charge in [0, 0.05) is 18.0 Å². The standard InChI is InChI=1S/C12H6F2N2O2/c13-9-2-1-8(5-10(9)14)16-4-3-7(6-15)11(16)12(17)18/h1-5H,(H,17,18). The summed E-state index contributed by atoms with van der Waals surface area (Å²) in [7, 11) is 0. The molecule has 1 aromatic carbocycles. The summed E-state index contributed by atoms with van der Waals surface area (Å²) in [6.45, 7) is 0. The summed E-state index contributed by atoms with van der Waals surface area (Å²) in [6, 6.07) is 6.00. The maximum absolute atomic E-state index is 13.1. The van der Waals surface area contributed by atoms with Crippen LogP contribution in [-0.4, -0.2) is 15.6 Å². The fourth-order valence-corrected chi connectivity index (χ4v) is 1.59. The number of hydrogen-bond acceptors (Lipinski definition) is 2. The highest BCUT2D eigenvalue weighted by Crippen LogP contribution is 2.19. The molecule has 1 N–H and O–H groups in total. The molecular weight excluding hydrogens is 242 g/mol. The first-order chi connectivity index (χ1) is 8.54. The predicted octanol–water partition coefficient (Wildman–Crippen LogP) is 2.33. The Kier molecular flexibility index (Phi) is 2.81. The molecule has 0 unspecified atom stereocenters. The summed E-state index contributed by atoms with van der Waals surface area (Å²) in [6.07, 6.45) is 1.31. The summed E-state index contributed by atoms with van der Waals surface area (Å²) >= 11 is 0. The highest BCUT2D eigenvalue weighted by Gasteiger charge is 2.17. The lowest BCUT2D eigenvalue weighted by Crippen LogP contribution is -2.08. The van der Waals surface area contributed by atoms with Crippen LogP contribution >= 0.6 is 0 Å². The molecule has 0 aliphatic carbocycles. The van der Waals surface area contributed by atoms with Gasteiger partial charge in [0.2, 0.25) is 0 Å². The van der Waals surface area contributed by atoms with Crippen molar-refractivity contribution in [3.05, 3.63) is 53.4 Å². The first-order valence-electron chi connectivity index (χ1n) is 4.84. The zero-order valence-electron chi connectivity index (χ0n) is 8.89. The molecule has 1 aromatic heterocycles. The predicted molar refractivity (Wildman–Crippen MR) is 57.4 cm³/mol. The van der Waals surface area contributed by atoms with E-state index < -0.39 is 17.6 Å². The highest BCUT2D eigenvalue weighted by atomic mass is 19.2. The molecule has 0 aliphatic heterocycles. The number of carboxylic acids is 1. The van der Waals surface area contributed by atoms with Crippen LogP contribution in [0.1, 0.15) is 16.1 Å². The van der Waals surface area contributed by atoms with Gasteiger partial charge in [-0.25, -0.2) is 13.6 Å². The van der Waals surface area contributed by atoms with Crippen molar-refractivity contribution in [2.24, 2.45) is 0 Å². The molecule has 0 aliphatic rings. The van der Waals surface area contributed by atoms with E-state index in [0.717, 1.165) is 16.7 Å². The quantitative estimate of drug-likeness (QED) is 0.886. The van der Waals surface area contributed by atoms with Crippen LogP contribution in [0.2, 0.25) is 0 Å². The van der Waals surface area contributed by atoms with Crippen molar-refractivity contribution in [1.29, 1.82) is 5.26 Å². The van der Waals surface area contributed by atoms with Gasteiger partial charge in [0.25, 0.3) is 0 Å². The van der Waals surface area contributed by atoms with Crippen LogP contribution < -0.4 is 0 Å².